The van der Waals surface area contributed by atoms with Gasteiger partial charge in [0.1, 0.15) is 11.9 Å². The standard InChI is InChI=1S/C24H30N4O2/c1-16(23(29)27-15-17-10-12-19(13-11-17)22(25)26)28-24(30)21-9-5-8-20(14-21)18-6-3-2-4-7-18/h2-4,6-7,10-13,16,20-21H,5,8-9,14-15H2,1H3,(H3,25,26)(H,27,29)(H,28,30)/t16-,20?,21+/m0/s1. The summed E-state index contributed by atoms with van der Waals surface area (Å²) >= 11 is 0. The lowest BCUT2D eigenvalue weighted by molar-refractivity contribution is -0.131. The van der Waals surface area contributed by atoms with Crippen molar-refractivity contribution in [2.45, 2.75) is 51.1 Å². The SMILES string of the molecule is C[C@H](NC(=O)[C@@H]1CCCC(c2ccccc2)C1)C(=O)NCc1ccc(C(=N)N)cc1. The molecule has 0 saturated heterocycles. The van der Waals surface area contributed by atoms with Crippen LogP contribution in [0.5, 0.6) is 0 Å². The Morgan fingerprint density at radius 3 is 2.47 bits per heavy atom. The van der Waals surface area contributed by atoms with Gasteiger partial charge in [0.25, 0.3) is 0 Å². The number of amidine groups is 1. The average molecular weight is 407 g/mol. The fourth-order valence-corrected chi connectivity index (χ4v) is 4.00. The molecule has 3 atom stereocenters. The molecule has 1 unspecified atom stereocenters. The normalized spacial score (nSPS) is 19.5. The van der Waals surface area contributed by atoms with Crippen LogP contribution in [0.1, 0.15) is 55.2 Å². The van der Waals surface area contributed by atoms with Crippen LogP contribution in [0.2, 0.25) is 0 Å². The van der Waals surface area contributed by atoms with Gasteiger partial charge in [-0.3, -0.25) is 15.0 Å². The lowest BCUT2D eigenvalue weighted by atomic mass is 9.77. The number of hydrogen-bond acceptors (Lipinski definition) is 3. The molecule has 6 nitrogen and oxygen atoms in total. The van der Waals surface area contributed by atoms with Crippen LogP contribution in [-0.2, 0) is 16.1 Å². The number of rotatable bonds is 7. The first-order valence-electron chi connectivity index (χ1n) is 10.5. The quantitative estimate of drug-likeness (QED) is 0.419. The van der Waals surface area contributed by atoms with E-state index in [1.165, 1.54) is 5.56 Å². The number of hydrogen-bond donors (Lipinski definition) is 4. The van der Waals surface area contributed by atoms with E-state index < -0.39 is 6.04 Å². The Kier molecular flexibility index (Phi) is 7.22. The monoisotopic (exact) mass is 406 g/mol. The summed E-state index contributed by atoms with van der Waals surface area (Å²) in [5, 5.41) is 13.1. The fourth-order valence-electron chi connectivity index (χ4n) is 4.00. The van der Waals surface area contributed by atoms with Gasteiger partial charge in [-0.2, -0.15) is 0 Å². The maximum absolute atomic E-state index is 12.7. The lowest BCUT2D eigenvalue weighted by Gasteiger charge is -2.29. The first kappa shape index (κ1) is 21.6. The first-order chi connectivity index (χ1) is 14.4. The number of nitrogens with one attached hydrogen (secondary N) is 3. The Balaban J connectivity index is 1.48. The molecular formula is C24H30N4O2. The van der Waals surface area contributed by atoms with Crippen LogP contribution in [0.4, 0.5) is 0 Å². The van der Waals surface area contributed by atoms with E-state index in [4.69, 9.17) is 11.1 Å². The van der Waals surface area contributed by atoms with Gasteiger partial charge in [0.05, 0.1) is 0 Å². The Hall–Kier alpha value is -3.15. The number of benzene rings is 2. The van der Waals surface area contributed by atoms with Crippen molar-refractivity contribution in [2.24, 2.45) is 11.7 Å². The van der Waals surface area contributed by atoms with Crippen molar-refractivity contribution < 1.29 is 9.59 Å². The molecule has 2 aromatic carbocycles. The zero-order chi connectivity index (χ0) is 21.5. The fraction of sp³-hybridized carbons (Fsp3) is 0.375. The maximum atomic E-state index is 12.7. The van der Waals surface area contributed by atoms with Crippen LogP contribution in [0.3, 0.4) is 0 Å². The number of amides is 2. The predicted octanol–water partition coefficient (Wildman–Crippen LogP) is 3.07. The first-order valence-corrected chi connectivity index (χ1v) is 10.5. The Morgan fingerprint density at radius 1 is 1.10 bits per heavy atom. The zero-order valence-corrected chi connectivity index (χ0v) is 17.4. The lowest BCUT2D eigenvalue weighted by Crippen LogP contribution is -2.47. The molecule has 0 aromatic heterocycles. The molecule has 0 radical (unpaired) electrons. The molecule has 0 spiro atoms. The van der Waals surface area contributed by atoms with Crippen molar-refractivity contribution in [3.8, 4) is 0 Å². The Bertz CT molecular complexity index is 880. The van der Waals surface area contributed by atoms with Gasteiger partial charge in [-0.05, 0) is 43.2 Å². The molecule has 2 amide bonds. The second-order valence-corrected chi connectivity index (χ2v) is 8.03. The van der Waals surface area contributed by atoms with E-state index in [1.807, 2.05) is 30.3 Å². The minimum Gasteiger partial charge on any atom is -0.384 e. The van der Waals surface area contributed by atoms with Gasteiger partial charge in [0.2, 0.25) is 11.8 Å². The highest BCUT2D eigenvalue weighted by molar-refractivity contribution is 5.94. The van der Waals surface area contributed by atoms with Crippen molar-refractivity contribution in [1.29, 1.82) is 5.41 Å². The Morgan fingerprint density at radius 2 is 1.80 bits per heavy atom. The number of nitrogens with two attached hydrogens (primary N) is 1. The van der Waals surface area contributed by atoms with Gasteiger partial charge in [-0.1, -0.05) is 61.0 Å². The summed E-state index contributed by atoms with van der Waals surface area (Å²) in [5.41, 5.74) is 8.29. The predicted molar refractivity (Wildman–Crippen MR) is 118 cm³/mol. The van der Waals surface area contributed by atoms with Crippen molar-refractivity contribution in [3.63, 3.8) is 0 Å². The van der Waals surface area contributed by atoms with Gasteiger partial charge in [0.15, 0.2) is 0 Å². The molecule has 158 valence electrons. The summed E-state index contributed by atoms with van der Waals surface area (Å²) in [6, 6.07) is 16.9. The zero-order valence-electron chi connectivity index (χ0n) is 17.4. The highest BCUT2D eigenvalue weighted by atomic mass is 16.2. The van der Waals surface area contributed by atoms with Gasteiger partial charge >= 0.3 is 0 Å². The average Bonchev–Trinajstić information content (AvgIpc) is 2.78. The van der Waals surface area contributed by atoms with E-state index in [-0.39, 0.29) is 23.6 Å². The number of carbonyl (C=O) groups is 2. The van der Waals surface area contributed by atoms with Crippen molar-refractivity contribution in [2.75, 3.05) is 0 Å². The third-order valence-corrected chi connectivity index (χ3v) is 5.80. The molecule has 5 N–H and O–H groups in total. The molecule has 0 aliphatic heterocycles. The van der Waals surface area contributed by atoms with Gasteiger partial charge in [-0.25, -0.2) is 0 Å². The number of nitrogen functional groups attached to an aromatic ring is 1. The van der Waals surface area contributed by atoms with Gasteiger partial charge < -0.3 is 16.4 Å². The van der Waals surface area contributed by atoms with Crippen LogP contribution in [0, 0.1) is 11.3 Å². The molecule has 1 aliphatic rings. The van der Waals surface area contributed by atoms with E-state index in [0.29, 0.717) is 18.0 Å². The smallest absolute Gasteiger partial charge is 0.242 e. The van der Waals surface area contributed by atoms with Crippen molar-refractivity contribution >= 4 is 17.6 Å². The van der Waals surface area contributed by atoms with Crippen LogP contribution in [0.15, 0.2) is 54.6 Å². The molecule has 1 fully saturated rings. The summed E-state index contributed by atoms with van der Waals surface area (Å²) in [6.45, 7) is 2.07. The summed E-state index contributed by atoms with van der Waals surface area (Å²) in [6.07, 6.45) is 3.82. The summed E-state index contributed by atoms with van der Waals surface area (Å²) < 4.78 is 0. The van der Waals surface area contributed by atoms with Crippen LogP contribution in [0.25, 0.3) is 0 Å². The molecule has 3 rings (SSSR count). The second kappa shape index (κ2) is 10.1. The molecular weight excluding hydrogens is 376 g/mol. The molecule has 0 bridgehead atoms. The molecule has 0 heterocycles. The van der Waals surface area contributed by atoms with Gasteiger partial charge in [0, 0.05) is 18.0 Å². The van der Waals surface area contributed by atoms with E-state index in [9.17, 15) is 9.59 Å². The third kappa shape index (κ3) is 5.69. The largest absolute Gasteiger partial charge is 0.384 e. The summed E-state index contributed by atoms with van der Waals surface area (Å²) in [4.78, 5) is 25.2. The van der Waals surface area contributed by atoms with E-state index in [0.717, 1.165) is 31.2 Å². The summed E-state index contributed by atoms with van der Waals surface area (Å²) in [7, 11) is 0. The van der Waals surface area contributed by atoms with Crippen LogP contribution < -0.4 is 16.4 Å². The summed E-state index contributed by atoms with van der Waals surface area (Å²) in [5.74, 6) is 0.105. The molecule has 30 heavy (non-hydrogen) atoms. The number of carbonyl (C=O) groups excluding carboxylic acids is 2. The maximum Gasteiger partial charge on any atom is 0.242 e. The van der Waals surface area contributed by atoms with Crippen molar-refractivity contribution in [1.82, 2.24) is 10.6 Å². The highest BCUT2D eigenvalue weighted by Crippen LogP contribution is 2.36. The van der Waals surface area contributed by atoms with Crippen molar-refractivity contribution in [3.05, 3.63) is 71.3 Å². The van der Waals surface area contributed by atoms with Gasteiger partial charge in [-0.15, -0.1) is 0 Å². The van der Waals surface area contributed by atoms with E-state index in [2.05, 4.69) is 22.8 Å². The highest BCUT2D eigenvalue weighted by Gasteiger charge is 2.29. The minimum atomic E-state index is -0.592. The molecule has 2 aromatic rings. The minimum absolute atomic E-state index is 0.0131. The second-order valence-electron chi connectivity index (χ2n) is 8.03. The molecule has 1 saturated carbocycles. The van der Waals surface area contributed by atoms with E-state index >= 15 is 0 Å². The topological polar surface area (TPSA) is 108 Å². The van der Waals surface area contributed by atoms with Crippen LogP contribution >= 0.6 is 0 Å². The van der Waals surface area contributed by atoms with E-state index in [1.54, 1.807) is 19.1 Å². The third-order valence-electron chi connectivity index (χ3n) is 5.80. The van der Waals surface area contributed by atoms with Crippen LogP contribution in [-0.4, -0.2) is 23.7 Å². The molecule has 1 aliphatic carbocycles. The Labute approximate surface area is 177 Å². The molecule has 6 heteroatoms.